The fourth-order valence-corrected chi connectivity index (χ4v) is 2.57. The Kier molecular flexibility index (Phi) is 5.26. The molecule has 1 atom stereocenters. The molecule has 3 heteroatoms. The van der Waals surface area contributed by atoms with E-state index < -0.39 is 0 Å². The van der Waals surface area contributed by atoms with Crippen LogP contribution in [0.4, 0.5) is 0 Å². The molecule has 0 aromatic heterocycles. The molecule has 1 aromatic rings. The summed E-state index contributed by atoms with van der Waals surface area (Å²) in [5, 5.41) is 10.2. The number of benzene rings is 1. The second-order valence-corrected chi connectivity index (χ2v) is 7.36. The third-order valence-corrected chi connectivity index (χ3v) is 3.96. The van der Waals surface area contributed by atoms with Gasteiger partial charge in [0.2, 0.25) is 0 Å². The fourth-order valence-electron chi connectivity index (χ4n) is 1.50. The molecule has 1 unspecified atom stereocenters. The second-order valence-electron chi connectivity index (χ2n) is 5.28. The largest absolute Gasteiger partial charge is 0.388 e. The maximum Gasteiger partial charge on any atom is 0.0800 e. The van der Waals surface area contributed by atoms with Crippen LogP contribution in [0.2, 0.25) is 0 Å². The summed E-state index contributed by atoms with van der Waals surface area (Å²) in [6, 6.07) is 6.04. The first-order chi connectivity index (χ1) is 7.29. The first-order valence-electron chi connectivity index (χ1n) is 5.42. The summed E-state index contributed by atoms with van der Waals surface area (Å²) < 4.78 is 2.15. The summed E-state index contributed by atoms with van der Waals surface area (Å²) in [5.74, 6) is 0. The van der Waals surface area contributed by atoms with E-state index in [9.17, 15) is 5.11 Å². The standard InChI is InChI=1S/C13H18BrIO/c1-13(2,3)7-6-12(16)10-8-9(14)4-5-11(10)15/h4-5,8,12,16H,6-7H2,1-3H3. The number of aliphatic hydroxyl groups excluding tert-OH is 1. The highest BCUT2D eigenvalue weighted by Gasteiger charge is 2.16. The molecule has 0 radical (unpaired) electrons. The minimum atomic E-state index is -0.358. The topological polar surface area (TPSA) is 20.2 Å². The van der Waals surface area contributed by atoms with Gasteiger partial charge in [0.15, 0.2) is 0 Å². The molecule has 0 aliphatic heterocycles. The molecule has 0 spiro atoms. The molecular weight excluding hydrogens is 379 g/mol. The second kappa shape index (κ2) is 5.83. The van der Waals surface area contributed by atoms with Gasteiger partial charge >= 0.3 is 0 Å². The quantitative estimate of drug-likeness (QED) is 0.719. The van der Waals surface area contributed by atoms with Crippen molar-refractivity contribution in [3.8, 4) is 0 Å². The van der Waals surface area contributed by atoms with Gasteiger partial charge in [-0.1, -0.05) is 36.7 Å². The highest BCUT2D eigenvalue weighted by molar-refractivity contribution is 14.1. The zero-order valence-electron chi connectivity index (χ0n) is 9.93. The first-order valence-corrected chi connectivity index (χ1v) is 7.30. The van der Waals surface area contributed by atoms with Crippen molar-refractivity contribution in [2.45, 2.75) is 39.7 Å². The van der Waals surface area contributed by atoms with Crippen molar-refractivity contribution in [3.63, 3.8) is 0 Å². The van der Waals surface area contributed by atoms with Crippen molar-refractivity contribution in [3.05, 3.63) is 31.8 Å². The highest BCUT2D eigenvalue weighted by atomic mass is 127. The van der Waals surface area contributed by atoms with Crippen LogP contribution < -0.4 is 0 Å². The molecule has 0 heterocycles. The molecule has 0 saturated heterocycles. The van der Waals surface area contributed by atoms with Crippen molar-refractivity contribution < 1.29 is 5.11 Å². The molecule has 1 nitrogen and oxygen atoms in total. The van der Waals surface area contributed by atoms with Gasteiger partial charge in [0.05, 0.1) is 6.10 Å². The highest BCUT2D eigenvalue weighted by Crippen LogP contribution is 2.30. The van der Waals surface area contributed by atoms with Gasteiger partial charge in [0.25, 0.3) is 0 Å². The van der Waals surface area contributed by atoms with Crippen LogP contribution in [0.3, 0.4) is 0 Å². The Balaban J connectivity index is 2.73. The average Bonchev–Trinajstić information content (AvgIpc) is 2.17. The lowest BCUT2D eigenvalue weighted by molar-refractivity contribution is 0.147. The van der Waals surface area contributed by atoms with E-state index in [4.69, 9.17) is 0 Å². The zero-order valence-corrected chi connectivity index (χ0v) is 13.7. The van der Waals surface area contributed by atoms with Gasteiger partial charge in [0, 0.05) is 8.04 Å². The van der Waals surface area contributed by atoms with Crippen LogP contribution in [-0.4, -0.2) is 5.11 Å². The van der Waals surface area contributed by atoms with Crippen LogP contribution in [0, 0.1) is 8.99 Å². The van der Waals surface area contributed by atoms with Crippen LogP contribution >= 0.6 is 38.5 Å². The molecule has 90 valence electrons. The summed E-state index contributed by atoms with van der Waals surface area (Å²) in [7, 11) is 0. The van der Waals surface area contributed by atoms with Crippen LogP contribution in [0.1, 0.15) is 45.3 Å². The van der Waals surface area contributed by atoms with Gasteiger partial charge < -0.3 is 5.11 Å². The maximum atomic E-state index is 10.2. The van der Waals surface area contributed by atoms with Gasteiger partial charge in [-0.2, -0.15) is 0 Å². The minimum absolute atomic E-state index is 0.276. The fraction of sp³-hybridized carbons (Fsp3) is 0.538. The molecule has 0 aliphatic rings. The van der Waals surface area contributed by atoms with Crippen LogP contribution in [0.5, 0.6) is 0 Å². The zero-order chi connectivity index (χ0) is 12.3. The monoisotopic (exact) mass is 396 g/mol. The molecule has 1 rings (SSSR count). The summed E-state index contributed by atoms with van der Waals surface area (Å²) in [6.07, 6.45) is 1.48. The van der Waals surface area contributed by atoms with E-state index in [2.05, 4.69) is 59.3 Å². The first kappa shape index (κ1) is 14.5. The van der Waals surface area contributed by atoms with E-state index in [-0.39, 0.29) is 11.5 Å². The lowest BCUT2D eigenvalue weighted by Crippen LogP contribution is -2.09. The summed E-state index contributed by atoms with van der Waals surface area (Å²) >= 11 is 5.71. The molecule has 0 saturated carbocycles. The Morgan fingerprint density at radius 1 is 1.38 bits per heavy atom. The SMILES string of the molecule is CC(C)(C)CCC(O)c1cc(Br)ccc1I. The van der Waals surface area contributed by atoms with Crippen molar-refractivity contribution in [2.75, 3.05) is 0 Å². The number of rotatable bonds is 3. The van der Waals surface area contributed by atoms with Crippen LogP contribution in [-0.2, 0) is 0 Å². The molecule has 0 bridgehead atoms. The van der Waals surface area contributed by atoms with Crippen molar-refractivity contribution >= 4 is 38.5 Å². The van der Waals surface area contributed by atoms with E-state index in [1.165, 1.54) is 0 Å². The number of halogens is 2. The smallest absolute Gasteiger partial charge is 0.0800 e. The van der Waals surface area contributed by atoms with Gasteiger partial charge in [0.1, 0.15) is 0 Å². The van der Waals surface area contributed by atoms with E-state index in [0.717, 1.165) is 26.4 Å². The number of hydrogen-bond donors (Lipinski definition) is 1. The molecule has 0 amide bonds. The number of hydrogen-bond acceptors (Lipinski definition) is 1. The predicted octanol–water partition coefficient (Wildman–Crippen LogP) is 4.91. The Hall–Kier alpha value is 0.390. The molecule has 1 aromatic carbocycles. The van der Waals surface area contributed by atoms with E-state index in [1.807, 2.05) is 18.2 Å². The Morgan fingerprint density at radius 3 is 2.56 bits per heavy atom. The number of aliphatic hydroxyl groups is 1. The predicted molar refractivity (Wildman–Crippen MR) is 80.5 cm³/mol. The van der Waals surface area contributed by atoms with Gasteiger partial charge in [-0.05, 0) is 64.6 Å². The molecular formula is C13H18BrIO. The van der Waals surface area contributed by atoms with Crippen LogP contribution in [0.15, 0.2) is 22.7 Å². The van der Waals surface area contributed by atoms with Gasteiger partial charge in [-0.25, -0.2) is 0 Å². The molecule has 0 fully saturated rings. The van der Waals surface area contributed by atoms with Gasteiger partial charge in [-0.3, -0.25) is 0 Å². The van der Waals surface area contributed by atoms with E-state index >= 15 is 0 Å². The lowest BCUT2D eigenvalue weighted by atomic mass is 9.88. The van der Waals surface area contributed by atoms with E-state index in [1.54, 1.807) is 0 Å². The Labute approximate surface area is 120 Å². The average molecular weight is 397 g/mol. The van der Waals surface area contributed by atoms with E-state index in [0.29, 0.717) is 0 Å². The molecule has 0 aliphatic carbocycles. The third kappa shape index (κ3) is 4.72. The lowest BCUT2D eigenvalue weighted by Gasteiger charge is -2.21. The molecule has 1 N–H and O–H groups in total. The maximum absolute atomic E-state index is 10.2. The van der Waals surface area contributed by atoms with Crippen molar-refractivity contribution in [1.29, 1.82) is 0 Å². The third-order valence-electron chi connectivity index (χ3n) is 2.48. The minimum Gasteiger partial charge on any atom is -0.388 e. The summed E-state index contributed by atoms with van der Waals surface area (Å²) in [4.78, 5) is 0. The normalized spacial score (nSPS) is 13.9. The van der Waals surface area contributed by atoms with Gasteiger partial charge in [-0.15, -0.1) is 0 Å². The Morgan fingerprint density at radius 2 is 2.00 bits per heavy atom. The summed E-state index contributed by atoms with van der Waals surface area (Å²) in [5.41, 5.74) is 1.30. The Bertz CT molecular complexity index is 357. The van der Waals surface area contributed by atoms with Crippen LogP contribution in [0.25, 0.3) is 0 Å². The van der Waals surface area contributed by atoms with Crippen molar-refractivity contribution in [2.24, 2.45) is 5.41 Å². The molecule has 16 heavy (non-hydrogen) atoms. The van der Waals surface area contributed by atoms with Crippen molar-refractivity contribution in [1.82, 2.24) is 0 Å². The summed E-state index contributed by atoms with van der Waals surface area (Å²) in [6.45, 7) is 6.60.